The summed E-state index contributed by atoms with van der Waals surface area (Å²) >= 11 is 10.9. The van der Waals surface area contributed by atoms with Gasteiger partial charge in [-0.25, -0.2) is 15.0 Å². The highest BCUT2D eigenvalue weighted by molar-refractivity contribution is 7.98. The van der Waals surface area contributed by atoms with Crippen molar-refractivity contribution in [2.24, 2.45) is 0 Å². The molecule has 0 unspecified atom stereocenters. The average Bonchev–Trinajstić information content (AvgIpc) is 3.28. The van der Waals surface area contributed by atoms with Gasteiger partial charge in [0.15, 0.2) is 5.13 Å². The van der Waals surface area contributed by atoms with Gasteiger partial charge in [-0.2, -0.15) is 0 Å². The third kappa shape index (κ3) is 4.72. The second-order valence-corrected chi connectivity index (χ2v) is 9.65. The Bertz CT molecular complexity index is 1070. The Morgan fingerprint density at radius 3 is 2.57 bits per heavy atom. The highest BCUT2D eigenvalue weighted by Crippen LogP contribution is 2.33. The van der Waals surface area contributed by atoms with E-state index in [1.807, 2.05) is 50.4 Å². The molecule has 0 saturated carbocycles. The number of halogens is 1. The molecule has 0 bridgehead atoms. The molecule has 0 saturated heterocycles. The molecule has 3 heterocycles. The van der Waals surface area contributed by atoms with Gasteiger partial charge in [0.05, 0.1) is 21.3 Å². The Balaban J connectivity index is 1.38. The standard InChI is InChI=1S/C20H17ClN4S3/c1-12-19(28-13(2)23-12)17-11-27-20(24-17)25-18-8-3-14(9-22-18)10-26-16-6-4-15(21)5-7-16/h3-9,11H,10H2,1-2H3,(H,22,24,25). The molecule has 28 heavy (non-hydrogen) atoms. The van der Waals surface area contributed by atoms with Crippen molar-refractivity contribution in [3.05, 3.63) is 69.3 Å². The summed E-state index contributed by atoms with van der Waals surface area (Å²) in [7, 11) is 0. The van der Waals surface area contributed by atoms with Crippen LogP contribution in [-0.4, -0.2) is 15.0 Å². The van der Waals surface area contributed by atoms with E-state index in [1.54, 1.807) is 34.4 Å². The molecule has 4 aromatic rings. The van der Waals surface area contributed by atoms with Gasteiger partial charge in [-0.05, 0) is 49.7 Å². The van der Waals surface area contributed by atoms with Crippen molar-refractivity contribution in [1.29, 1.82) is 0 Å². The predicted molar refractivity (Wildman–Crippen MR) is 121 cm³/mol. The molecule has 4 rings (SSSR count). The molecule has 0 atom stereocenters. The van der Waals surface area contributed by atoms with Crippen LogP contribution >= 0.6 is 46.0 Å². The molecule has 4 nitrogen and oxygen atoms in total. The van der Waals surface area contributed by atoms with Crippen molar-refractivity contribution < 1.29 is 0 Å². The Labute approximate surface area is 181 Å². The average molecular weight is 445 g/mol. The maximum absolute atomic E-state index is 5.92. The number of thioether (sulfide) groups is 1. The van der Waals surface area contributed by atoms with Gasteiger partial charge in [-0.15, -0.1) is 34.4 Å². The van der Waals surface area contributed by atoms with E-state index in [4.69, 9.17) is 11.6 Å². The molecule has 0 spiro atoms. The first-order valence-electron chi connectivity index (χ1n) is 8.57. The summed E-state index contributed by atoms with van der Waals surface area (Å²) in [4.78, 5) is 16.0. The van der Waals surface area contributed by atoms with Crippen LogP contribution in [0.3, 0.4) is 0 Å². The molecular weight excluding hydrogens is 428 g/mol. The van der Waals surface area contributed by atoms with E-state index in [0.717, 1.165) is 43.0 Å². The molecular formula is C20H17ClN4S3. The molecule has 0 aliphatic heterocycles. The lowest BCUT2D eigenvalue weighted by Crippen LogP contribution is -1.93. The summed E-state index contributed by atoms with van der Waals surface area (Å²) in [6, 6.07) is 12.0. The quantitative estimate of drug-likeness (QED) is 0.325. The SMILES string of the molecule is Cc1nc(C)c(-c2csc(Nc3ccc(CSc4ccc(Cl)cc4)cn3)n2)s1. The lowest BCUT2D eigenvalue weighted by Gasteiger charge is -2.05. The van der Waals surface area contributed by atoms with Crippen molar-refractivity contribution in [3.63, 3.8) is 0 Å². The summed E-state index contributed by atoms with van der Waals surface area (Å²) in [5, 5.41) is 7.99. The topological polar surface area (TPSA) is 50.7 Å². The second kappa shape index (κ2) is 8.61. The molecule has 0 aliphatic carbocycles. The van der Waals surface area contributed by atoms with E-state index >= 15 is 0 Å². The van der Waals surface area contributed by atoms with Gasteiger partial charge in [0, 0.05) is 27.2 Å². The zero-order valence-corrected chi connectivity index (χ0v) is 18.5. The number of benzene rings is 1. The Morgan fingerprint density at radius 1 is 1.07 bits per heavy atom. The molecule has 0 fully saturated rings. The summed E-state index contributed by atoms with van der Waals surface area (Å²) < 4.78 is 0. The normalized spacial score (nSPS) is 11.0. The number of anilines is 2. The first kappa shape index (κ1) is 19.4. The molecule has 142 valence electrons. The molecule has 8 heteroatoms. The predicted octanol–water partition coefficient (Wildman–Crippen LogP) is 6.97. The number of aromatic nitrogens is 3. The summed E-state index contributed by atoms with van der Waals surface area (Å²) in [5.74, 6) is 1.65. The molecule has 0 radical (unpaired) electrons. The number of aryl methyl sites for hydroxylation is 2. The first-order valence-corrected chi connectivity index (χ1v) is 11.6. The van der Waals surface area contributed by atoms with Gasteiger partial charge in [-0.3, -0.25) is 0 Å². The van der Waals surface area contributed by atoms with Crippen LogP contribution < -0.4 is 5.32 Å². The number of rotatable bonds is 6. The van der Waals surface area contributed by atoms with Crippen molar-refractivity contribution in [1.82, 2.24) is 15.0 Å². The maximum Gasteiger partial charge on any atom is 0.188 e. The highest BCUT2D eigenvalue weighted by atomic mass is 35.5. The van der Waals surface area contributed by atoms with Crippen LogP contribution in [0.15, 0.2) is 52.9 Å². The molecule has 0 amide bonds. The molecule has 0 aliphatic rings. The minimum atomic E-state index is 0.757. The van der Waals surface area contributed by atoms with Gasteiger partial charge in [-0.1, -0.05) is 17.7 Å². The fourth-order valence-corrected chi connectivity index (χ4v) is 5.22. The van der Waals surface area contributed by atoms with Crippen LogP contribution in [0, 0.1) is 13.8 Å². The van der Waals surface area contributed by atoms with Crippen molar-refractivity contribution >= 4 is 57.0 Å². The van der Waals surface area contributed by atoms with Crippen LogP contribution in [0.25, 0.3) is 10.6 Å². The second-order valence-electron chi connectivity index (χ2n) is 6.10. The number of nitrogens with one attached hydrogen (secondary N) is 1. The van der Waals surface area contributed by atoms with E-state index in [0.29, 0.717) is 0 Å². The molecule has 1 N–H and O–H groups in total. The summed E-state index contributed by atoms with van der Waals surface area (Å²) in [5.41, 5.74) is 3.16. The lowest BCUT2D eigenvalue weighted by molar-refractivity contribution is 1.20. The third-order valence-corrected chi connectivity index (χ3v) is 7.11. The Morgan fingerprint density at radius 2 is 1.89 bits per heavy atom. The molecule has 1 aromatic carbocycles. The van der Waals surface area contributed by atoms with E-state index in [1.165, 1.54) is 10.5 Å². The number of hydrogen-bond acceptors (Lipinski definition) is 7. The smallest absolute Gasteiger partial charge is 0.188 e. The van der Waals surface area contributed by atoms with Gasteiger partial charge in [0.2, 0.25) is 0 Å². The number of pyridine rings is 1. The summed E-state index contributed by atoms with van der Waals surface area (Å²) in [6.45, 7) is 4.04. The van der Waals surface area contributed by atoms with E-state index in [9.17, 15) is 0 Å². The van der Waals surface area contributed by atoms with Crippen molar-refractivity contribution in [2.75, 3.05) is 5.32 Å². The summed E-state index contributed by atoms with van der Waals surface area (Å²) in [6.07, 6.45) is 1.90. The molecule has 3 aromatic heterocycles. The fraction of sp³-hybridized carbons (Fsp3) is 0.150. The van der Waals surface area contributed by atoms with Crippen molar-refractivity contribution in [2.45, 2.75) is 24.5 Å². The Hall–Kier alpha value is -1.93. The van der Waals surface area contributed by atoms with E-state index in [2.05, 4.69) is 31.7 Å². The van der Waals surface area contributed by atoms with Gasteiger partial charge in [0.25, 0.3) is 0 Å². The zero-order valence-electron chi connectivity index (χ0n) is 15.3. The van der Waals surface area contributed by atoms with Crippen LogP contribution in [0.2, 0.25) is 5.02 Å². The minimum Gasteiger partial charge on any atom is -0.316 e. The monoisotopic (exact) mass is 444 g/mol. The third-order valence-electron chi connectivity index (χ3n) is 3.92. The largest absolute Gasteiger partial charge is 0.316 e. The number of nitrogens with zero attached hydrogens (tertiary/aromatic N) is 3. The van der Waals surface area contributed by atoms with Gasteiger partial charge < -0.3 is 5.32 Å². The number of thiazole rings is 2. The fourth-order valence-electron chi connectivity index (χ4n) is 2.60. The van der Waals surface area contributed by atoms with Crippen molar-refractivity contribution in [3.8, 4) is 10.6 Å². The van der Waals surface area contributed by atoms with Crippen LogP contribution in [0.1, 0.15) is 16.3 Å². The maximum atomic E-state index is 5.92. The van der Waals surface area contributed by atoms with Crippen LogP contribution in [-0.2, 0) is 5.75 Å². The van der Waals surface area contributed by atoms with Crippen LogP contribution in [0.5, 0.6) is 0 Å². The first-order chi connectivity index (χ1) is 13.6. The lowest BCUT2D eigenvalue weighted by atomic mass is 10.3. The Kier molecular flexibility index (Phi) is 5.96. The van der Waals surface area contributed by atoms with E-state index in [-0.39, 0.29) is 0 Å². The zero-order chi connectivity index (χ0) is 19.5. The highest BCUT2D eigenvalue weighted by Gasteiger charge is 2.11. The van der Waals surface area contributed by atoms with Gasteiger partial charge >= 0.3 is 0 Å². The number of hydrogen-bond donors (Lipinski definition) is 1. The van der Waals surface area contributed by atoms with E-state index < -0.39 is 0 Å². The van der Waals surface area contributed by atoms with Crippen LogP contribution in [0.4, 0.5) is 10.9 Å². The minimum absolute atomic E-state index is 0.757. The van der Waals surface area contributed by atoms with Gasteiger partial charge in [0.1, 0.15) is 5.82 Å².